The summed E-state index contributed by atoms with van der Waals surface area (Å²) in [6.45, 7) is 2.16. The molecule has 0 saturated heterocycles. The molecule has 2 nitrogen and oxygen atoms in total. The molecule has 0 aromatic heterocycles. The Kier molecular flexibility index (Phi) is 4.94. The summed E-state index contributed by atoms with van der Waals surface area (Å²) in [6, 6.07) is 5.10. The van der Waals surface area contributed by atoms with Gasteiger partial charge in [-0.1, -0.05) is 31.4 Å². The third-order valence-electron chi connectivity index (χ3n) is 3.92. The monoisotopic (exact) mass is 263 g/mol. The number of amides is 1. The number of benzene rings is 1. The Morgan fingerprint density at radius 1 is 1.32 bits per heavy atom. The van der Waals surface area contributed by atoms with E-state index in [1.165, 1.54) is 38.2 Å². The van der Waals surface area contributed by atoms with E-state index in [1.807, 2.05) is 6.07 Å². The first kappa shape index (κ1) is 14.0. The molecule has 0 aliphatic heterocycles. The van der Waals surface area contributed by atoms with Crippen molar-refractivity contribution in [2.75, 3.05) is 0 Å². The standard InChI is InChI=1S/C16H22FNO/c1-12-7-8-14(9-15(12)17)11-18-16(19)10-13-5-3-2-4-6-13/h7-9,13H,2-6,10-11H2,1H3,(H,18,19). The molecule has 104 valence electrons. The van der Waals surface area contributed by atoms with Gasteiger partial charge in [-0.3, -0.25) is 4.79 Å². The molecule has 0 radical (unpaired) electrons. The highest BCUT2D eigenvalue weighted by atomic mass is 19.1. The van der Waals surface area contributed by atoms with Crippen LogP contribution in [0.2, 0.25) is 0 Å². The molecule has 1 aromatic rings. The molecule has 1 N–H and O–H groups in total. The molecule has 1 saturated carbocycles. The van der Waals surface area contributed by atoms with Crippen molar-refractivity contribution < 1.29 is 9.18 Å². The highest BCUT2D eigenvalue weighted by Gasteiger charge is 2.16. The Labute approximate surface area is 114 Å². The maximum absolute atomic E-state index is 13.4. The number of carbonyl (C=O) groups is 1. The summed E-state index contributed by atoms with van der Waals surface area (Å²) in [4.78, 5) is 11.8. The highest BCUT2D eigenvalue weighted by molar-refractivity contribution is 5.76. The number of aryl methyl sites for hydroxylation is 1. The summed E-state index contributed by atoms with van der Waals surface area (Å²) < 4.78 is 13.4. The fourth-order valence-electron chi connectivity index (χ4n) is 2.67. The van der Waals surface area contributed by atoms with Crippen LogP contribution in [0, 0.1) is 18.7 Å². The molecule has 1 aliphatic carbocycles. The van der Waals surface area contributed by atoms with E-state index in [0.29, 0.717) is 24.4 Å². The lowest BCUT2D eigenvalue weighted by molar-refractivity contribution is -0.122. The predicted molar refractivity (Wildman–Crippen MR) is 74.2 cm³/mol. The van der Waals surface area contributed by atoms with Crippen molar-refractivity contribution >= 4 is 5.91 Å². The normalized spacial score (nSPS) is 16.3. The molecule has 0 unspecified atom stereocenters. The smallest absolute Gasteiger partial charge is 0.220 e. The Morgan fingerprint density at radius 3 is 2.74 bits per heavy atom. The van der Waals surface area contributed by atoms with Gasteiger partial charge in [0.2, 0.25) is 5.91 Å². The van der Waals surface area contributed by atoms with Gasteiger partial charge < -0.3 is 5.32 Å². The Balaban J connectivity index is 1.77. The zero-order valence-electron chi connectivity index (χ0n) is 11.5. The summed E-state index contributed by atoms with van der Waals surface area (Å²) in [5.41, 5.74) is 1.46. The lowest BCUT2D eigenvalue weighted by Gasteiger charge is -2.20. The Bertz CT molecular complexity index is 438. The van der Waals surface area contributed by atoms with Gasteiger partial charge in [-0.2, -0.15) is 0 Å². The number of nitrogens with one attached hydrogen (secondary N) is 1. The van der Waals surface area contributed by atoms with E-state index in [0.717, 1.165) is 5.56 Å². The van der Waals surface area contributed by atoms with Gasteiger partial charge in [-0.15, -0.1) is 0 Å². The Hall–Kier alpha value is -1.38. The third kappa shape index (κ3) is 4.34. The second-order valence-corrected chi connectivity index (χ2v) is 5.57. The van der Waals surface area contributed by atoms with Gasteiger partial charge in [0, 0.05) is 13.0 Å². The largest absolute Gasteiger partial charge is 0.352 e. The molecule has 1 amide bonds. The molecule has 0 spiro atoms. The van der Waals surface area contributed by atoms with E-state index in [1.54, 1.807) is 13.0 Å². The van der Waals surface area contributed by atoms with E-state index < -0.39 is 0 Å². The van der Waals surface area contributed by atoms with Crippen molar-refractivity contribution in [3.63, 3.8) is 0 Å². The van der Waals surface area contributed by atoms with Crippen LogP contribution >= 0.6 is 0 Å². The van der Waals surface area contributed by atoms with Crippen LogP contribution in [-0.2, 0) is 11.3 Å². The number of rotatable bonds is 4. The topological polar surface area (TPSA) is 29.1 Å². The number of hydrogen-bond donors (Lipinski definition) is 1. The molecule has 1 aromatic carbocycles. The zero-order valence-corrected chi connectivity index (χ0v) is 11.5. The summed E-state index contributed by atoms with van der Waals surface area (Å²) in [5, 5.41) is 2.89. The van der Waals surface area contributed by atoms with Crippen LogP contribution < -0.4 is 5.32 Å². The number of halogens is 1. The second-order valence-electron chi connectivity index (χ2n) is 5.57. The predicted octanol–water partition coefficient (Wildman–Crippen LogP) is 3.72. The fourth-order valence-corrected chi connectivity index (χ4v) is 2.67. The van der Waals surface area contributed by atoms with Gasteiger partial charge in [0.25, 0.3) is 0 Å². The van der Waals surface area contributed by atoms with E-state index in [9.17, 15) is 9.18 Å². The van der Waals surface area contributed by atoms with Crippen molar-refractivity contribution in [1.29, 1.82) is 0 Å². The molecule has 1 aliphatic rings. The van der Waals surface area contributed by atoms with Crippen LogP contribution in [0.25, 0.3) is 0 Å². The van der Waals surface area contributed by atoms with Crippen molar-refractivity contribution in [3.05, 3.63) is 35.1 Å². The van der Waals surface area contributed by atoms with Gasteiger partial charge in [0.1, 0.15) is 5.82 Å². The van der Waals surface area contributed by atoms with Gasteiger partial charge >= 0.3 is 0 Å². The second kappa shape index (κ2) is 6.69. The van der Waals surface area contributed by atoms with Crippen molar-refractivity contribution in [3.8, 4) is 0 Å². The van der Waals surface area contributed by atoms with E-state index >= 15 is 0 Å². The number of hydrogen-bond acceptors (Lipinski definition) is 1. The van der Waals surface area contributed by atoms with Gasteiger partial charge in [-0.25, -0.2) is 4.39 Å². The maximum atomic E-state index is 13.4. The maximum Gasteiger partial charge on any atom is 0.220 e. The molecule has 3 heteroatoms. The molecule has 0 heterocycles. The number of carbonyl (C=O) groups excluding carboxylic acids is 1. The minimum Gasteiger partial charge on any atom is -0.352 e. The SMILES string of the molecule is Cc1ccc(CNC(=O)CC2CCCCC2)cc1F. The minimum absolute atomic E-state index is 0.0906. The van der Waals surface area contributed by atoms with Gasteiger partial charge in [-0.05, 0) is 42.9 Å². The first-order valence-corrected chi connectivity index (χ1v) is 7.17. The summed E-state index contributed by atoms with van der Waals surface area (Å²) in [7, 11) is 0. The Morgan fingerprint density at radius 2 is 2.05 bits per heavy atom. The molecule has 19 heavy (non-hydrogen) atoms. The van der Waals surface area contributed by atoms with Gasteiger partial charge in [0.05, 0.1) is 0 Å². The first-order valence-electron chi connectivity index (χ1n) is 7.17. The van der Waals surface area contributed by atoms with Crippen molar-refractivity contribution in [2.24, 2.45) is 5.92 Å². The molecule has 1 fully saturated rings. The van der Waals surface area contributed by atoms with Crippen molar-refractivity contribution in [1.82, 2.24) is 5.32 Å². The minimum atomic E-state index is -0.209. The molecule has 2 rings (SSSR count). The van der Waals surface area contributed by atoms with E-state index in [-0.39, 0.29) is 11.7 Å². The summed E-state index contributed by atoms with van der Waals surface area (Å²) in [5.74, 6) is 0.426. The lowest BCUT2D eigenvalue weighted by atomic mass is 9.87. The molecular weight excluding hydrogens is 241 g/mol. The van der Waals surface area contributed by atoms with Crippen molar-refractivity contribution in [2.45, 2.75) is 52.0 Å². The average Bonchev–Trinajstić information content (AvgIpc) is 2.41. The molecular formula is C16H22FNO. The quantitative estimate of drug-likeness (QED) is 0.881. The third-order valence-corrected chi connectivity index (χ3v) is 3.92. The van der Waals surface area contributed by atoms with Gasteiger partial charge in [0.15, 0.2) is 0 Å². The summed E-state index contributed by atoms with van der Waals surface area (Å²) in [6.07, 6.45) is 6.77. The van der Waals surface area contributed by atoms with Crippen LogP contribution in [0.4, 0.5) is 4.39 Å². The van der Waals surface area contributed by atoms with Crippen LogP contribution in [0.15, 0.2) is 18.2 Å². The van der Waals surface area contributed by atoms with Crippen LogP contribution in [-0.4, -0.2) is 5.91 Å². The van der Waals surface area contributed by atoms with Crippen LogP contribution in [0.1, 0.15) is 49.7 Å². The van der Waals surface area contributed by atoms with Crippen LogP contribution in [0.3, 0.4) is 0 Å². The molecule has 0 atom stereocenters. The zero-order chi connectivity index (χ0) is 13.7. The highest BCUT2D eigenvalue weighted by Crippen LogP contribution is 2.26. The summed E-state index contributed by atoms with van der Waals surface area (Å²) >= 11 is 0. The average molecular weight is 263 g/mol. The molecule has 0 bridgehead atoms. The van der Waals surface area contributed by atoms with E-state index in [4.69, 9.17) is 0 Å². The first-order chi connectivity index (χ1) is 9.15. The fraction of sp³-hybridized carbons (Fsp3) is 0.562. The van der Waals surface area contributed by atoms with Crippen LogP contribution in [0.5, 0.6) is 0 Å². The van der Waals surface area contributed by atoms with E-state index in [2.05, 4.69) is 5.32 Å². The lowest BCUT2D eigenvalue weighted by Crippen LogP contribution is -2.25.